The van der Waals surface area contributed by atoms with Crippen LogP contribution in [0, 0.1) is 0 Å². The fraction of sp³-hybridized carbons (Fsp3) is 1.00. The average molecular weight is 358 g/mol. The zero-order valence-electron chi connectivity index (χ0n) is 12.0. The summed E-state index contributed by atoms with van der Waals surface area (Å²) in [7, 11) is 8.94. The van der Waals surface area contributed by atoms with E-state index in [0.717, 1.165) is 13.2 Å². The van der Waals surface area contributed by atoms with Crippen LogP contribution in [0.2, 0.25) is 0 Å². The second kappa shape index (κ2) is 7.15. The number of rotatable bonds is 4. The van der Waals surface area contributed by atoms with Crippen molar-refractivity contribution in [1.82, 2.24) is 5.69 Å². The van der Waals surface area contributed by atoms with Crippen molar-refractivity contribution in [3.63, 3.8) is 0 Å². The minimum Gasteiger partial charge on any atom is -0.147 e. The molecule has 0 N–H and O–H groups in total. The summed E-state index contributed by atoms with van der Waals surface area (Å²) in [4.78, 5) is 0. The van der Waals surface area contributed by atoms with Gasteiger partial charge in [0, 0.05) is 0 Å². The quantitative estimate of drug-likeness (QED) is 0.765. The minimum atomic E-state index is -2.75. The molecule has 0 aromatic carbocycles. The largest absolute Gasteiger partial charge is 0.147 e. The van der Waals surface area contributed by atoms with Crippen molar-refractivity contribution in [3.8, 4) is 0 Å². The Morgan fingerprint density at radius 1 is 0.833 bits per heavy atom. The Balaban J connectivity index is 0.00000162. The third-order valence-electron chi connectivity index (χ3n) is 4.24. The molecule has 108 valence electrons. The van der Waals surface area contributed by atoms with Crippen LogP contribution < -0.4 is 0 Å². The molecule has 2 heterocycles. The van der Waals surface area contributed by atoms with Crippen LogP contribution in [0.3, 0.4) is 0 Å². The molecule has 2 rings (SSSR count). The molecule has 4 nitrogen and oxygen atoms in total. The van der Waals surface area contributed by atoms with E-state index in [4.69, 9.17) is 9.47 Å². The molecule has 0 bridgehead atoms. The first-order valence-corrected chi connectivity index (χ1v) is 11.7. The maximum atomic E-state index is 6.08. The fourth-order valence-electron chi connectivity index (χ4n) is 3.58. The first kappa shape index (κ1) is 17.1. The molecular weight excluding hydrogens is 331 g/mol. The molecule has 2 atom stereocenters. The van der Waals surface area contributed by atoms with Crippen molar-refractivity contribution < 1.29 is 30.3 Å². The van der Waals surface area contributed by atoms with Crippen molar-refractivity contribution in [1.29, 1.82) is 0 Å². The predicted molar refractivity (Wildman–Crippen MR) is 72.6 cm³/mol. The predicted octanol–water partition coefficient (Wildman–Crippen LogP) is 1.79. The molecule has 2 aliphatic rings. The SMILES string of the molecule is C[N](C)[Zr]([CH]1CCCO1)([CH]1CCCO1)[N](C)C.Cl. The third kappa shape index (κ3) is 2.87. The van der Waals surface area contributed by atoms with Crippen molar-refractivity contribution >= 4 is 12.4 Å². The van der Waals surface area contributed by atoms with Gasteiger partial charge in [0.05, 0.1) is 0 Å². The molecule has 2 unspecified atom stereocenters. The number of hydrogen-bond donors (Lipinski definition) is 0. The Hall–Kier alpha value is 1.01. The van der Waals surface area contributed by atoms with E-state index in [-0.39, 0.29) is 12.4 Å². The monoisotopic (exact) mass is 356 g/mol. The van der Waals surface area contributed by atoms with Gasteiger partial charge in [-0.05, 0) is 0 Å². The van der Waals surface area contributed by atoms with E-state index >= 15 is 0 Å². The van der Waals surface area contributed by atoms with Crippen LogP contribution >= 0.6 is 12.4 Å². The normalized spacial score (nSPS) is 29.0. The van der Waals surface area contributed by atoms with Gasteiger partial charge in [0.25, 0.3) is 0 Å². The number of ether oxygens (including phenoxy) is 2. The van der Waals surface area contributed by atoms with E-state index in [9.17, 15) is 0 Å². The summed E-state index contributed by atoms with van der Waals surface area (Å²) in [5.41, 5.74) is 0. The van der Waals surface area contributed by atoms with Crippen molar-refractivity contribution in [2.45, 2.75) is 33.3 Å². The number of nitrogens with zero attached hydrogens (tertiary/aromatic N) is 2. The summed E-state index contributed by atoms with van der Waals surface area (Å²) in [6, 6.07) is 0. The van der Waals surface area contributed by atoms with E-state index in [2.05, 4.69) is 33.9 Å². The average Bonchev–Trinajstić information content (AvgIpc) is 2.88. The van der Waals surface area contributed by atoms with Gasteiger partial charge in [-0.15, -0.1) is 12.4 Å². The summed E-state index contributed by atoms with van der Waals surface area (Å²) in [6.07, 6.45) is 4.90. The molecule has 18 heavy (non-hydrogen) atoms. The van der Waals surface area contributed by atoms with Crippen LogP contribution in [0.5, 0.6) is 0 Å². The summed E-state index contributed by atoms with van der Waals surface area (Å²) in [5.74, 6) is 0. The number of hydrogen-bond acceptors (Lipinski definition) is 4. The van der Waals surface area contributed by atoms with Gasteiger partial charge in [0.2, 0.25) is 0 Å². The molecule has 2 fully saturated rings. The molecule has 0 aliphatic carbocycles. The Bertz CT molecular complexity index is 228. The van der Waals surface area contributed by atoms with Crippen molar-refractivity contribution in [2.24, 2.45) is 0 Å². The Morgan fingerprint density at radius 3 is 1.44 bits per heavy atom. The molecule has 0 aromatic rings. The fourth-order valence-corrected chi connectivity index (χ4v) is 17.1. The first-order valence-electron chi connectivity index (χ1n) is 6.68. The standard InChI is InChI=1S/2C4H7O.2C2H6N.ClH.Zr/c2*1-2-4-5-3-1;2*1-3-2;;/h2*3H,1-2,4H2;2*1-2H3;1H;/q;;2*-1;;+2. The third-order valence-corrected chi connectivity index (χ3v) is 18.2. The van der Waals surface area contributed by atoms with E-state index < -0.39 is 20.8 Å². The summed E-state index contributed by atoms with van der Waals surface area (Å²) in [5, 5.41) is 0. The minimum absolute atomic E-state index is 0. The van der Waals surface area contributed by atoms with E-state index in [1.54, 1.807) is 0 Å². The van der Waals surface area contributed by atoms with Crippen molar-refractivity contribution in [3.05, 3.63) is 0 Å². The van der Waals surface area contributed by atoms with Crippen LogP contribution in [-0.2, 0) is 30.3 Å². The topological polar surface area (TPSA) is 24.9 Å². The summed E-state index contributed by atoms with van der Waals surface area (Å²) >= 11 is -2.75. The van der Waals surface area contributed by atoms with Crippen molar-refractivity contribution in [2.75, 3.05) is 41.4 Å². The molecule has 0 aromatic heterocycles. The van der Waals surface area contributed by atoms with Crippen LogP contribution in [0.15, 0.2) is 0 Å². The van der Waals surface area contributed by atoms with Gasteiger partial charge in [-0.3, -0.25) is 0 Å². The van der Waals surface area contributed by atoms with Crippen LogP contribution in [0.25, 0.3) is 0 Å². The first-order chi connectivity index (χ1) is 8.10. The maximum Gasteiger partial charge on any atom is -0.147 e. The van der Waals surface area contributed by atoms with Crippen LogP contribution in [0.4, 0.5) is 0 Å². The van der Waals surface area contributed by atoms with E-state index in [1.807, 2.05) is 0 Å². The van der Waals surface area contributed by atoms with Gasteiger partial charge >= 0.3 is 111 Å². The molecule has 0 amide bonds. The Kier molecular flexibility index (Phi) is 6.77. The van der Waals surface area contributed by atoms with Gasteiger partial charge in [0.1, 0.15) is 0 Å². The van der Waals surface area contributed by atoms with Gasteiger partial charge in [-0.1, -0.05) is 0 Å². The molecule has 0 spiro atoms. The van der Waals surface area contributed by atoms with E-state index in [1.165, 1.54) is 25.7 Å². The molecule has 0 saturated carbocycles. The second-order valence-electron chi connectivity index (χ2n) is 5.58. The molecule has 2 aliphatic heterocycles. The molecule has 0 radical (unpaired) electrons. The van der Waals surface area contributed by atoms with Gasteiger partial charge in [-0.2, -0.15) is 0 Å². The Morgan fingerprint density at radius 2 is 1.22 bits per heavy atom. The molecular formula is C12H27ClN2O2Zr. The Labute approximate surface area is 123 Å². The molecule has 6 heteroatoms. The van der Waals surface area contributed by atoms with E-state index in [0.29, 0.717) is 7.62 Å². The summed E-state index contributed by atoms with van der Waals surface area (Å²) in [6.45, 7) is 1.88. The zero-order chi connectivity index (χ0) is 12.5. The molecule has 2 saturated heterocycles. The smallest absolute Gasteiger partial charge is 0.147 e. The van der Waals surface area contributed by atoms with Gasteiger partial charge in [0.15, 0.2) is 0 Å². The summed E-state index contributed by atoms with van der Waals surface area (Å²) < 4.78 is 18.1. The maximum absolute atomic E-state index is 6.08. The van der Waals surface area contributed by atoms with Crippen LogP contribution in [-0.4, -0.2) is 54.7 Å². The van der Waals surface area contributed by atoms with Gasteiger partial charge in [-0.25, -0.2) is 0 Å². The van der Waals surface area contributed by atoms with Gasteiger partial charge < -0.3 is 0 Å². The van der Waals surface area contributed by atoms with Crippen LogP contribution in [0.1, 0.15) is 25.7 Å². The second-order valence-corrected chi connectivity index (χ2v) is 17.0. The number of halogens is 1. The zero-order valence-corrected chi connectivity index (χ0v) is 15.3.